The topological polar surface area (TPSA) is 94.5 Å². The molecule has 1 aliphatic carbocycles. The van der Waals surface area contributed by atoms with Gasteiger partial charge in [0, 0.05) is 31.1 Å². The quantitative estimate of drug-likeness (QED) is 0.535. The Bertz CT molecular complexity index is 727. The maximum atomic E-state index is 14.0. The summed E-state index contributed by atoms with van der Waals surface area (Å²) in [6.07, 6.45) is 3.50. The van der Waals surface area contributed by atoms with Gasteiger partial charge in [0.15, 0.2) is 5.82 Å². The number of nitrogens with two attached hydrogens (primary N) is 1. The number of carbonyl (C=O) groups is 1. The molecule has 1 aromatic heterocycles. The van der Waals surface area contributed by atoms with Gasteiger partial charge in [-0.2, -0.15) is 0 Å². The number of hydrogen-bond donors (Lipinski definition) is 2. The SMILES string of the molecule is Cn1ccnc1C(=O)NC1=CC=C(F)C(C/N=C(/N)COCC(F)F)C1. The van der Waals surface area contributed by atoms with E-state index < -0.39 is 30.7 Å². The van der Waals surface area contributed by atoms with Crippen LogP contribution in [0.3, 0.4) is 0 Å². The number of amides is 1. The smallest absolute Gasteiger partial charge is 0.291 e. The number of rotatable bonds is 8. The van der Waals surface area contributed by atoms with Crippen LogP contribution in [0.15, 0.2) is 41.1 Å². The number of halogens is 3. The van der Waals surface area contributed by atoms with Crippen LogP contribution < -0.4 is 11.1 Å². The number of aryl methyl sites for hydroxylation is 1. The molecule has 3 N–H and O–H groups in total. The van der Waals surface area contributed by atoms with Crippen molar-refractivity contribution >= 4 is 11.7 Å². The minimum Gasteiger partial charge on any atom is -0.386 e. The van der Waals surface area contributed by atoms with Gasteiger partial charge in [-0.1, -0.05) is 0 Å². The first kappa shape index (κ1) is 19.7. The summed E-state index contributed by atoms with van der Waals surface area (Å²) in [4.78, 5) is 20.1. The van der Waals surface area contributed by atoms with Crippen LogP contribution in [0.5, 0.6) is 0 Å². The second-order valence-electron chi connectivity index (χ2n) is 5.70. The Labute approximate surface area is 148 Å². The average Bonchev–Trinajstić information content (AvgIpc) is 3.01. The van der Waals surface area contributed by atoms with E-state index in [2.05, 4.69) is 20.0 Å². The Morgan fingerprint density at radius 3 is 2.96 bits per heavy atom. The van der Waals surface area contributed by atoms with Crippen LogP contribution in [-0.4, -0.2) is 47.5 Å². The summed E-state index contributed by atoms with van der Waals surface area (Å²) in [5.41, 5.74) is 6.08. The van der Waals surface area contributed by atoms with Crippen LogP contribution in [0.1, 0.15) is 17.0 Å². The highest BCUT2D eigenvalue weighted by Crippen LogP contribution is 2.25. The highest BCUT2D eigenvalue weighted by molar-refractivity contribution is 5.92. The van der Waals surface area contributed by atoms with Gasteiger partial charge in [-0.15, -0.1) is 0 Å². The van der Waals surface area contributed by atoms with Crippen molar-refractivity contribution in [3.63, 3.8) is 0 Å². The molecule has 0 aliphatic heterocycles. The molecule has 1 amide bonds. The molecule has 10 heteroatoms. The number of aromatic nitrogens is 2. The zero-order valence-electron chi connectivity index (χ0n) is 14.2. The third-order valence-electron chi connectivity index (χ3n) is 3.61. The molecule has 0 bridgehead atoms. The summed E-state index contributed by atoms with van der Waals surface area (Å²) in [6, 6.07) is 0. The molecule has 7 nitrogen and oxygen atoms in total. The molecule has 0 spiro atoms. The maximum absolute atomic E-state index is 14.0. The maximum Gasteiger partial charge on any atom is 0.291 e. The zero-order chi connectivity index (χ0) is 19.1. The van der Waals surface area contributed by atoms with Crippen LogP contribution in [0.4, 0.5) is 13.2 Å². The van der Waals surface area contributed by atoms with Crippen molar-refractivity contribution in [1.29, 1.82) is 0 Å². The Hall–Kier alpha value is -2.62. The van der Waals surface area contributed by atoms with E-state index in [-0.39, 0.29) is 31.2 Å². The monoisotopic (exact) mass is 371 g/mol. The number of aliphatic imine (C=N–C) groups is 1. The van der Waals surface area contributed by atoms with Crippen molar-refractivity contribution in [2.24, 2.45) is 23.7 Å². The van der Waals surface area contributed by atoms with Gasteiger partial charge in [-0.05, 0) is 18.6 Å². The van der Waals surface area contributed by atoms with Gasteiger partial charge in [0.2, 0.25) is 0 Å². The summed E-state index contributed by atoms with van der Waals surface area (Å²) in [5.74, 6) is -1.17. The van der Waals surface area contributed by atoms with Gasteiger partial charge in [-0.25, -0.2) is 18.2 Å². The molecule has 0 fully saturated rings. The van der Waals surface area contributed by atoms with Crippen LogP contribution in [0.2, 0.25) is 0 Å². The van der Waals surface area contributed by atoms with E-state index in [9.17, 15) is 18.0 Å². The number of alkyl halides is 2. The Morgan fingerprint density at radius 2 is 2.31 bits per heavy atom. The molecular formula is C16H20F3N5O2. The van der Waals surface area contributed by atoms with Crippen LogP contribution >= 0.6 is 0 Å². The molecule has 26 heavy (non-hydrogen) atoms. The van der Waals surface area contributed by atoms with E-state index >= 15 is 0 Å². The molecule has 0 aromatic carbocycles. The molecule has 0 saturated heterocycles. The summed E-state index contributed by atoms with van der Waals surface area (Å²) in [5, 5.41) is 2.69. The molecule has 2 rings (SSSR count). The number of ether oxygens (including phenoxy) is 1. The van der Waals surface area contributed by atoms with Gasteiger partial charge in [0.25, 0.3) is 12.3 Å². The first-order valence-corrected chi connectivity index (χ1v) is 7.86. The number of amidine groups is 1. The van der Waals surface area contributed by atoms with Crippen molar-refractivity contribution in [3.8, 4) is 0 Å². The van der Waals surface area contributed by atoms with Gasteiger partial charge >= 0.3 is 0 Å². The fourth-order valence-corrected chi connectivity index (χ4v) is 2.30. The lowest BCUT2D eigenvalue weighted by molar-refractivity contribution is 0.0321. The molecule has 1 aliphatic rings. The first-order valence-electron chi connectivity index (χ1n) is 7.86. The summed E-state index contributed by atoms with van der Waals surface area (Å²) in [6.45, 7) is -0.969. The number of nitrogens with one attached hydrogen (secondary N) is 1. The second kappa shape index (κ2) is 9.18. The minimum absolute atomic E-state index is 0.00611. The fraction of sp³-hybridized carbons (Fsp3) is 0.438. The molecule has 142 valence electrons. The normalized spacial score (nSPS) is 17.9. The number of imidazole rings is 1. The van der Waals surface area contributed by atoms with Crippen LogP contribution in [0, 0.1) is 5.92 Å². The molecule has 1 heterocycles. The Morgan fingerprint density at radius 1 is 1.54 bits per heavy atom. The molecule has 1 atom stereocenters. The third kappa shape index (κ3) is 5.73. The fourth-order valence-electron chi connectivity index (χ4n) is 2.30. The molecule has 1 unspecified atom stereocenters. The van der Waals surface area contributed by atoms with E-state index in [0.29, 0.717) is 5.70 Å². The van der Waals surface area contributed by atoms with Gasteiger partial charge < -0.3 is 20.4 Å². The molecular weight excluding hydrogens is 351 g/mol. The van der Waals surface area contributed by atoms with Crippen molar-refractivity contribution in [2.45, 2.75) is 12.8 Å². The second-order valence-corrected chi connectivity index (χ2v) is 5.70. The predicted octanol–water partition coefficient (Wildman–Crippen LogP) is 1.55. The number of nitrogens with zero attached hydrogens (tertiary/aromatic N) is 3. The van der Waals surface area contributed by atoms with Crippen molar-refractivity contribution in [2.75, 3.05) is 19.8 Å². The average molecular weight is 371 g/mol. The van der Waals surface area contributed by atoms with E-state index in [1.54, 1.807) is 17.8 Å². The summed E-state index contributed by atoms with van der Waals surface area (Å²) in [7, 11) is 1.69. The Balaban J connectivity index is 1.88. The number of hydrogen-bond acceptors (Lipinski definition) is 4. The van der Waals surface area contributed by atoms with Gasteiger partial charge in [0.1, 0.15) is 24.9 Å². The number of carbonyl (C=O) groups excluding carboxylic acids is 1. The predicted molar refractivity (Wildman–Crippen MR) is 89.4 cm³/mol. The van der Waals surface area contributed by atoms with Crippen molar-refractivity contribution < 1.29 is 22.7 Å². The van der Waals surface area contributed by atoms with E-state index in [4.69, 9.17) is 5.73 Å². The zero-order valence-corrected chi connectivity index (χ0v) is 14.2. The van der Waals surface area contributed by atoms with Crippen LogP contribution in [0.25, 0.3) is 0 Å². The van der Waals surface area contributed by atoms with Crippen molar-refractivity contribution in [1.82, 2.24) is 14.9 Å². The van der Waals surface area contributed by atoms with E-state index in [1.165, 1.54) is 18.3 Å². The lowest BCUT2D eigenvalue weighted by Crippen LogP contribution is -2.29. The lowest BCUT2D eigenvalue weighted by atomic mass is 9.97. The highest BCUT2D eigenvalue weighted by atomic mass is 19.3. The minimum atomic E-state index is -2.59. The van der Waals surface area contributed by atoms with Gasteiger partial charge in [0.05, 0.1) is 6.54 Å². The highest BCUT2D eigenvalue weighted by Gasteiger charge is 2.22. The van der Waals surface area contributed by atoms with E-state index in [0.717, 1.165) is 0 Å². The van der Waals surface area contributed by atoms with E-state index in [1.807, 2.05) is 0 Å². The standard InChI is InChI=1S/C16H20F3N5O2/c1-24-5-4-21-15(24)16(25)23-11-2-3-12(17)10(6-11)7-22-14(20)9-26-8-13(18)19/h2-5,10,13H,6-9H2,1H3,(H2,20,22)(H,23,25). The lowest BCUT2D eigenvalue weighted by Gasteiger charge is -2.19. The summed E-state index contributed by atoms with van der Waals surface area (Å²) >= 11 is 0. The number of allylic oxidation sites excluding steroid dienone is 3. The molecule has 1 aromatic rings. The van der Waals surface area contributed by atoms with Crippen molar-refractivity contribution in [3.05, 3.63) is 41.9 Å². The molecule has 0 radical (unpaired) electrons. The Kier molecular flexibility index (Phi) is 6.96. The summed E-state index contributed by atoms with van der Waals surface area (Å²) < 4.78 is 44.1. The first-order chi connectivity index (χ1) is 12.4. The van der Waals surface area contributed by atoms with Gasteiger partial charge in [-0.3, -0.25) is 9.79 Å². The molecule has 0 saturated carbocycles. The third-order valence-corrected chi connectivity index (χ3v) is 3.61. The van der Waals surface area contributed by atoms with Crippen LogP contribution in [-0.2, 0) is 11.8 Å². The largest absolute Gasteiger partial charge is 0.386 e.